The fourth-order valence-electron chi connectivity index (χ4n) is 0.0673. The molecule has 0 heterocycles. The summed E-state index contributed by atoms with van der Waals surface area (Å²) in [5.41, 5.74) is 0. The Hall–Kier alpha value is -0.210. The number of rotatable bonds is 2. The van der Waals surface area contributed by atoms with Crippen LogP contribution in [0, 0.1) is 5.92 Å². The van der Waals surface area contributed by atoms with E-state index in [2.05, 4.69) is 0 Å². The van der Waals surface area contributed by atoms with E-state index in [0.717, 1.165) is 0 Å². The van der Waals surface area contributed by atoms with Gasteiger partial charge >= 0.3 is 0 Å². The minimum atomic E-state index is -2.51. The van der Waals surface area contributed by atoms with Gasteiger partial charge in [-0.05, 0) is 0 Å². The van der Waals surface area contributed by atoms with Crippen LogP contribution in [0.4, 0.5) is 13.2 Å². The van der Waals surface area contributed by atoms with E-state index >= 15 is 0 Å². The molecule has 0 fully saturated rings. The van der Waals surface area contributed by atoms with Gasteiger partial charge in [0.25, 0.3) is 0 Å². The van der Waals surface area contributed by atoms with E-state index in [-0.39, 0.29) is 0 Å². The predicted octanol–water partition coefficient (Wildman–Crippen LogP) is 1.86. The molecule has 44 valence electrons. The fourth-order valence-corrected chi connectivity index (χ4v) is 0.0673. The fraction of sp³-hybridized carbons (Fsp3) is 1.00. The van der Waals surface area contributed by atoms with Gasteiger partial charge in [0.2, 0.25) is 6.43 Å². The molecule has 0 saturated carbocycles. The molecule has 7 heavy (non-hydrogen) atoms. The highest BCUT2D eigenvalue weighted by molar-refractivity contribution is 4.49. The zero-order chi connectivity index (χ0) is 5.86. The van der Waals surface area contributed by atoms with E-state index in [0.29, 0.717) is 0 Å². The lowest BCUT2D eigenvalue weighted by Gasteiger charge is -2.00. The van der Waals surface area contributed by atoms with Crippen LogP contribution in [0.15, 0.2) is 0 Å². The molecule has 3 heteroatoms. The largest absolute Gasteiger partial charge is 0.251 e. The van der Waals surface area contributed by atoms with E-state index < -0.39 is 19.0 Å². The molecule has 1 unspecified atom stereocenters. The highest BCUT2D eigenvalue weighted by Crippen LogP contribution is 2.07. The van der Waals surface area contributed by atoms with Gasteiger partial charge in [-0.1, -0.05) is 6.92 Å². The van der Waals surface area contributed by atoms with Crippen molar-refractivity contribution in [1.82, 2.24) is 0 Å². The normalized spacial score (nSPS) is 15.0. The smallest absolute Gasteiger partial charge is 0.243 e. The minimum absolute atomic E-state index is 0.933. The maximum Gasteiger partial charge on any atom is 0.243 e. The van der Waals surface area contributed by atoms with Crippen molar-refractivity contribution in [2.24, 2.45) is 5.92 Å². The quantitative estimate of drug-likeness (QED) is 0.511. The molecule has 0 amide bonds. The topological polar surface area (TPSA) is 0 Å². The van der Waals surface area contributed by atoms with Gasteiger partial charge in [0.1, 0.15) is 0 Å². The van der Waals surface area contributed by atoms with Crippen molar-refractivity contribution in [2.75, 3.05) is 6.67 Å². The zero-order valence-electron chi connectivity index (χ0n) is 4.00. The number of hydrogen-bond donors (Lipinski definition) is 0. The predicted molar refractivity (Wildman–Crippen MR) is 21.1 cm³/mol. The molecule has 0 aliphatic heterocycles. The molecule has 0 aromatic rings. The van der Waals surface area contributed by atoms with Crippen molar-refractivity contribution in [3.05, 3.63) is 0 Å². The lowest BCUT2D eigenvalue weighted by Crippen LogP contribution is -2.07. The summed E-state index contributed by atoms with van der Waals surface area (Å²) in [4.78, 5) is 0. The van der Waals surface area contributed by atoms with Crippen LogP contribution in [0.25, 0.3) is 0 Å². The third-order valence-corrected chi connectivity index (χ3v) is 0.674. The Kier molecular flexibility index (Phi) is 2.79. The van der Waals surface area contributed by atoms with E-state index in [1.165, 1.54) is 6.92 Å². The molecular formula is C4H7F3. The molecule has 0 rings (SSSR count). The Labute approximate surface area is 40.3 Å². The summed E-state index contributed by atoms with van der Waals surface area (Å²) in [5, 5.41) is 0. The highest BCUT2D eigenvalue weighted by atomic mass is 19.3. The Morgan fingerprint density at radius 2 is 1.86 bits per heavy atom. The number of alkyl halides is 3. The van der Waals surface area contributed by atoms with Crippen molar-refractivity contribution < 1.29 is 13.2 Å². The molecule has 0 spiro atoms. The summed E-state index contributed by atoms with van der Waals surface area (Å²) in [7, 11) is 0. The summed E-state index contributed by atoms with van der Waals surface area (Å²) in [5.74, 6) is -1.10. The molecule has 0 nitrogen and oxygen atoms in total. The van der Waals surface area contributed by atoms with Crippen LogP contribution in [0.3, 0.4) is 0 Å². The van der Waals surface area contributed by atoms with Gasteiger partial charge in [-0.3, -0.25) is 4.39 Å². The summed E-state index contributed by atoms with van der Waals surface area (Å²) in [6.45, 7) is 0.238. The molecule has 1 atom stereocenters. The van der Waals surface area contributed by atoms with Gasteiger partial charge in [-0.25, -0.2) is 8.78 Å². The first-order chi connectivity index (χ1) is 3.18. The van der Waals surface area contributed by atoms with Gasteiger partial charge in [0.05, 0.1) is 6.67 Å². The second kappa shape index (κ2) is 2.88. The summed E-state index contributed by atoms with van der Waals surface area (Å²) >= 11 is 0. The first-order valence-corrected chi connectivity index (χ1v) is 2.02. The van der Waals surface area contributed by atoms with Crippen molar-refractivity contribution >= 4 is 0 Å². The molecule has 0 aromatic carbocycles. The molecule has 0 saturated heterocycles. The lowest BCUT2D eigenvalue weighted by molar-refractivity contribution is 0.0724. The van der Waals surface area contributed by atoms with Crippen LogP contribution in [0.1, 0.15) is 6.92 Å². The Morgan fingerprint density at radius 3 is 1.86 bits per heavy atom. The van der Waals surface area contributed by atoms with E-state index in [1.54, 1.807) is 0 Å². The molecule has 0 aliphatic rings. The first kappa shape index (κ1) is 6.79. The van der Waals surface area contributed by atoms with Gasteiger partial charge in [-0.2, -0.15) is 0 Å². The van der Waals surface area contributed by atoms with E-state index in [9.17, 15) is 13.2 Å². The Balaban J connectivity index is 3.14. The molecule has 0 bridgehead atoms. The third kappa shape index (κ3) is 2.48. The third-order valence-electron chi connectivity index (χ3n) is 0.674. The van der Waals surface area contributed by atoms with Crippen LogP contribution in [0.5, 0.6) is 0 Å². The Morgan fingerprint density at radius 1 is 1.43 bits per heavy atom. The molecule has 0 N–H and O–H groups in total. The van der Waals surface area contributed by atoms with Gasteiger partial charge in [-0.15, -0.1) is 0 Å². The summed E-state index contributed by atoms with van der Waals surface area (Å²) in [6, 6.07) is 0. The van der Waals surface area contributed by atoms with Crippen molar-refractivity contribution in [1.29, 1.82) is 0 Å². The number of halogens is 3. The van der Waals surface area contributed by atoms with Crippen LogP contribution in [0.2, 0.25) is 0 Å². The standard InChI is InChI=1S/C4H7F3/c1-3(2-5)4(6)7/h3-4H,2H2,1H3. The van der Waals surface area contributed by atoms with Crippen LogP contribution < -0.4 is 0 Å². The molecular weight excluding hydrogens is 105 g/mol. The van der Waals surface area contributed by atoms with Gasteiger partial charge < -0.3 is 0 Å². The van der Waals surface area contributed by atoms with Crippen molar-refractivity contribution in [3.8, 4) is 0 Å². The first-order valence-electron chi connectivity index (χ1n) is 2.02. The van der Waals surface area contributed by atoms with Crippen molar-refractivity contribution in [3.63, 3.8) is 0 Å². The monoisotopic (exact) mass is 112 g/mol. The average Bonchev–Trinajstić information content (AvgIpc) is 1.65. The maximum atomic E-state index is 11.2. The number of hydrogen-bond acceptors (Lipinski definition) is 0. The maximum absolute atomic E-state index is 11.2. The van der Waals surface area contributed by atoms with E-state index in [4.69, 9.17) is 0 Å². The van der Waals surface area contributed by atoms with Crippen LogP contribution >= 0.6 is 0 Å². The lowest BCUT2D eigenvalue weighted by atomic mass is 10.2. The average molecular weight is 112 g/mol. The van der Waals surface area contributed by atoms with E-state index in [1.807, 2.05) is 0 Å². The van der Waals surface area contributed by atoms with Crippen LogP contribution in [-0.4, -0.2) is 13.1 Å². The van der Waals surface area contributed by atoms with Gasteiger partial charge in [0.15, 0.2) is 0 Å². The molecule has 0 aliphatic carbocycles. The SMILES string of the molecule is CC(CF)C(F)F. The summed E-state index contributed by atoms with van der Waals surface area (Å²) in [6.07, 6.45) is -2.51. The Bertz CT molecular complexity index is 44.2. The second-order valence-electron chi connectivity index (χ2n) is 1.47. The zero-order valence-corrected chi connectivity index (χ0v) is 4.00. The van der Waals surface area contributed by atoms with Gasteiger partial charge in [0, 0.05) is 5.92 Å². The molecule has 0 radical (unpaired) electrons. The second-order valence-corrected chi connectivity index (χ2v) is 1.47. The minimum Gasteiger partial charge on any atom is -0.251 e. The van der Waals surface area contributed by atoms with Crippen molar-refractivity contribution in [2.45, 2.75) is 13.3 Å². The van der Waals surface area contributed by atoms with Crippen LogP contribution in [-0.2, 0) is 0 Å². The highest BCUT2D eigenvalue weighted by Gasteiger charge is 2.12. The summed E-state index contributed by atoms with van der Waals surface area (Å²) < 4.78 is 33.5. The molecule has 0 aromatic heterocycles.